The Labute approximate surface area is 105 Å². The quantitative estimate of drug-likeness (QED) is 0.800. The van der Waals surface area contributed by atoms with Gasteiger partial charge < -0.3 is 10.6 Å². The Kier molecular flexibility index (Phi) is 2.63. The fourth-order valence-corrected chi connectivity index (χ4v) is 3.07. The first-order chi connectivity index (χ1) is 8.63. The molecule has 0 unspecified atom stereocenters. The molecule has 0 radical (unpaired) electrons. The molecule has 2 aliphatic heterocycles. The van der Waals surface area contributed by atoms with Crippen molar-refractivity contribution in [1.29, 1.82) is 0 Å². The third-order valence-electron chi connectivity index (χ3n) is 4.13. The summed E-state index contributed by atoms with van der Waals surface area (Å²) in [5, 5.41) is 6.56. The molecule has 3 rings (SSSR count). The van der Waals surface area contributed by atoms with E-state index < -0.39 is 6.43 Å². The highest BCUT2D eigenvalue weighted by molar-refractivity contribution is 5.69. The summed E-state index contributed by atoms with van der Waals surface area (Å²) in [6.07, 6.45) is -0.584. The summed E-state index contributed by atoms with van der Waals surface area (Å²) < 4.78 is 25.7. The van der Waals surface area contributed by atoms with Gasteiger partial charge in [-0.05, 0) is 43.6 Å². The highest BCUT2D eigenvalue weighted by atomic mass is 19.3. The van der Waals surface area contributed by atoms with E-state index in [1.165, 1.54) is 6.07 Å². The number of hydrogen-bond donors (Lipinski definition) is 2. The van der Waals surface area contributed by atoms with Crippen molar-refractivity contribution in [1.82, 2.24) is 5.32 Å². The molecule has 96 valence electrons. The third-order valence-corrected chi connectivity index (χ3v) is 4.13. The first kappa shape index (κ1) is 11.7. The first-order valence-corrected chi connectivity index (χ1v) is 6.23. The van der Waals surface area contributed by atoms with E-state index in [0.717, 1.165) is 42.9 Å². The lowest BCUT2D eigenvalue weighted by molar-refractivity contribution is 0.151. The standard InChI is InChI=1S/C14H16F2N2/c1-9-14(4-6-17-7-5-14)11-8-10(13(15)16)2-3-12(11)18-9/h2-3,8,13,17-18H,1,4-7H2. The van der Waals surface area contributed by atoms with E-state index in [0.29, 0.717) is 0 Å². The van der Waals surface area contributed by atoms with E-state index in [1.54, 1.807) is 12.1 Å². The Morgan fingerprint density at radius 2 is 1.94 bits per heavy atom. The Hall–Kier alpha value is -1.42. The highest BCUT2D eigenvalue weighted by Gasteiger charge is 2.43. The van der Waals surface area contributed by atoms with Crippen molar-refractivity contribution in [3.63, 3.8) is 0 Å². The molecule has 2 nitrogen and oxygen atoms in total. The van der Waals surface area contributed by atoms with Crippen molar-refractivity contribution in [2.75, 3.05) is 18.4 Å². The fourth-order valence-electron chi connectivity index (χ4n) is 3.07. The summed E-state index contributed by atoms with van der Waals surface area (Å²) in [6, 6.07) is 4.89. The second kappa shape index (κ2) is 4.05. The van der Waals surface area contributed by atoms with Crippen LogP contribution in [0, 0.1) is 0 Å². The summed E-state index contributed by atoms with van der Waals surface area (Å²) in [6.45, 7) is 5.90. The topological polar surface area (TPSA) is 24.1 Å². The fraction of sp³-hybridized carbons (Fsp3) is 0.429. The summed E-state index contributed by atoms with van der Waals surface area (Å²) in [5.41, 5.74) is 2.82. The molecule has 2 heterocycles. The molecule has 2 aliphatic rings. The summed E-state index contributed by atoms with van der Waals surface area (Å²) in [7, 11) is 0. The number of hydrogen-bond acceptors (Lipinski definition) is 2. The molecule has 18 heavy (non-hydrogen) atoms. The van der Waals surface area contributed by atoms with E-state index in [2.05, 4.69) is 17.2 Å². The van der Waals surface area contributed by atoms with Crippen LogP contribution in [-0.2, 0) is 5.41 Å². The molecule has 1 saturated heterocycles. The lowest BCUT2D eigenvalue weighted by Gasteiger charge is -2.35. The number of rotatable bonds is 1. The number of benzene rings is 1. The second-order valence-corrected chi connectivity index (χ2v) is 5.04. The number of halogens is 2. The van der Waals surface area contributed by atoms with Gasteiger partial charge in [0, 0.05) is 22.4 Å². The van der Waals surface area contributed by atoms with Crippen LogP contribution < -0.4 is 10.6 Å². The minimum atomic E-state index is -2.41. The Bertz CT molecular complexity index is 491. The Morgan fingerprint density at radius 3 is 2.61 bits per heavy atom. The van der Waals surface area contributed by atoms with Crippen molar-refractivity contribution in [2.45, 2.75) is 24.7 Å². The molecule has 1 fully saturated rings. The van der Waals surface area contributed by atoms with Gasteiger partial charge in [0.15, 0.2) is 0 Å². The van der Waals surface area contributed by atoms with Crippen molar-refractivity contribution in [2.24, 2.45) is 0 Å². The van der Waals surface area contributed by atoms with Crippen LogP contribution in [0.2, 0.25) is 0 Å². The molecule has 0 atom stereocenters. The predicted molar refractivity (Wildman–Crippen MR) is 67.9 cm³/mol. The lowest BCUT2D eigenvalue weighted by Crippen LogP contribution is -2.39. The number of fused-ring (bicyclic) bond motifs is 2. The van der Waals surface area contributed by atoms with E-state index in [-0.39, 0.29) is 11.0 Å². The van der Waals surface area contributed by atoms with E-state index in [9.17, 15) is 8.78 Å². The number of anilines is 1. The normalized spacial score (nSPS) is 21.2. The van der Waals surface area contributed by atoms with Crippen LogP contribution in [0.4, 0.5) is 14.5 Å². The average molecular weight is 250 g/mol. The zero-order valence-electron chi connectivity index (χ0n) is 10.1. The maximum Gasteiger partial charge on any atom is 0.263 e. The lowest BCUT2D eigenvalue weighted by atomic mass is 9.72. The monoisotopic (exact) mass is 250 g/mol. The maximum atomic E-state index is 12.8. The van der Waals surface area contributed by atoms with E-state index >= 15 is 0 Å². The molecule has 1 aromatic rings. The van der Waals surface area contributed by atoms with Crippen molar-refractivity contribution >= 4 is 5.69 Å². The van der Waals surface area contributed by atoms with Crippen molar-refractivity contribution in [3.8, 4) is 0 Å². The van der Waals surface area contributed by atoms with Gasteiger partial charge in [0.25, 0.3) is 6.43 Å². The molecule has 0 saturated carbocycles. The molecule has 2 N–H and O–H groups in total. The van der Waals surface area contributed by atoms with Crippen LogP contribution in [0.1, 0.15) is 30.4 Å². The third kappa shape index (κ3) is 1.56. The van der Waals surface area contributed by atoms with Gasteiger partial charge in [-0.15, -0.1) is 0 Å². The molecule has 4 heteroatoms. The smallest absolute Gasteiger partial charge is 0.263 e. The Morgan fingerprint density at radius 1 is 1.22 bits per heavy atom. The zero-order valence-corrected chi connectivity index (χ0v) is 10.1. The van der Waals surface area contributed by atoms with Gasteiger partial charge in [0.1, 0.15) is 0 Å². The second-order valence-electron chi connectivity index (χ2n) is 5.04. The largest absolute Gasteiger partial charge is 0.358 e. The van der Waals surface area contributed by atoms with E-state index in [4.69, 9.17) is 0 Å². The average Bonchev–Trinajstić information content (AvgIpc) is 2.63. The predicted octanol–water partition coefficient (Wildman–Crippen LogP) is 3.18. The van der Waals surface area contributed by atoms with Gasteiger partial charge >= 0.3 is 0 Å². The number of alkyl halides is 2. The Balaban J connectivity index is 2.09. The van der Waals surface area contributed by atoms with Gasteiger partial charge in [-0.1, -0.05) is 12.6 Å². The van der Waals surface area contributed by atoms with Crippen molar-refractivity contribution < 1.29 is 8.78 Å². The van der Waals surface area contributed by atoms with Crippen LogP contribution in [0.3, 0.4) is 0 Å². The van der Waals surface area contributed by atoms with Gasteiger partial charge in [0.2, 0.25) is 0 Å². The first-order valence-electron chi connectivity index (χ1n) is 6.23. The number of nitrogens with one attached hydrogen (secondary N) is 2. The van der Waals surface area contributed by atoms with Gasteiger partial charge in [-0.2, -0.15) is 0 Å². The van der Waals surface area contributed by atoms with Crippen LogP contribution in [0.25, 0.3) is 0 Å². The summed E-state index contributed by atoms with van der Waals surface area (Å²) in [4.78, 5) is 0. The van der Waals surface area contributed by atoms with E-state index in [1.807, 2.05) is 0 Å². The van der Waals surface area contributed by atoms with Crippen LogP contribution in [-0.4, -0.2) is 13.1 Å². The van der Waals surface area contributed by atoms with Gasteiger partial charge in [-0.25, -0.2) is 8.78 Å². The van der Waals surface area contributed by atoms with Gasteiger partial charge in [0.05, 0.1) is 0 Å². The molecule has 0 bridgehead atoms. The zero-order chi connectivity index (χ0) is 12.8. The number of allylic oxidation sites excluding steroid dienone is 1. The minimum absolute atomic E-state index is 0.100. The number of piperidine rings is 1. The SMILES string of the molecule is C=C1Nc2ccc(C(F)F)cc2C12CCNCC2. The summed E-state index contributed by atoms with van der Waals surface area (Å²) in [5.74, 6) is 0. The molecule has 0 aromatic heterocycles. The van der Waals surface area contributed by atoms with Crippen LogP contribution in [0.5, 0.6) is 0 Å². The molecular formula is C14H16F2N2. The molecule has 1 spiro atoms. The molecule has 0 aliphatic carbocycles. The van der Waals surface area contributed by atoms with Crippen LogP contribution in [0.15, 0.2) is 30.5 Å². The summed E-state index contributed by atoms with van der Waals surface area (Å²) >= 11 is 0. The minimum Gasteiger partial charge on any atom is -0.358 e. The van der Waals surface area contributed by atoms with Gasteiger partial charge in [-0.3, -0.25) is 0 Å². The highest BCUT2D eigenvalue weighted by Crippen LogP contribution is 2.49. The maximum absolute atomic E-state index is 12.8. The molecule has 1 aromatic carbocycles. The van der Waals surface area contributed by atoms with Crippen LogP contribution >= 0.6 is 0 Å². The molecular weight excluding hydrogens is 234 g/mol. The molecule has 0 amide bonds. The van der Waals surface area contributed by atoms with Crippen molar-refractivity contribution in [3.05, 3.63) is 41.6 Å².